The molecule has 0 saturated carbocycles. The summed E-state index contributed by atoms with van der Waals surface area (Å²) in [5, 5.41) is 0. The molecule has 0 aliphatic heterocycles. The van der Waals surface area contributed by atoms with E-state index in [9.17, 15) is 9.59 Å². The van der Waals surface area contributed by atoms with Crippen LogP contribution in [0.5, 0.6) is 0 Å². The summed E-state index contributed by atoms with van der Waals surface area (Å²) in [6.07, 6.45) is 5.09. The number of hydrogen-bond donors (Lipinski definition) is 1. The van der Waals surface area contributed by atoms with Crippen LogP contribution in [-0.2, 0) is 9.53 Å². The van der Waals surface area contributed by atoms with E-state index in [1.165, 1.54) is 19.3 Å². The van der Waals surface area contributed by atoms with Gasteiger partial charge in [0.2, 0.25) is 0 Å². The van der Waals surface area contributed by atoms with E-state index in [0.717, 1.165) is 12.7 Å². The van der Waals surface area contributed by atoms with Gasteiger partial charge in [-0.2, -0.15) is 0 Å². The Kier molecular flexibility index (Phi) is 10.9. The number of nitrogens with two attached hydrogens (primary N) is 1. The Labute approximate surface area is 105 Å². The fraction of sp³-hybridized carbons (Fsp3) is 0.846. The summed E-state index contributed by atoms with van der Waals surface area (Å²) in [6, 6.07) is 0. The van der Waals surface area contributed by atoms with Crippen molar-refractivity contribution >= 4 is 12.4 Å². The van der Waals surface area contributed by atoms with Crippen molar-refractivity contribution in [2.24, 2.45) is 11.7 Å². The van der Waals surface area contributed by atoms with Crippen LogP contribution in [0.1, 0.15) is 60.3 Å². The van der Waals surface area contributed by atoms with Crippen molar-refractivity contribution in [3.05, 3.63) is 0 Å². The monoisotopic (exact) mass is 245 g/mol. The van der Waals surface area contributed by atoms with Crippen LogP contribution in [0, 0.1) is 5.92 Å². The van der Waals surface area contributed by atoms with Crippen LogP contribution in [-0.4, -0.2) is 18.0 Å². The zero-order valence-electron chi connectivity index (χ0n) is 11.8. The Bertz CT molecular complexity index is 209. The maximum atomic E-state index is 10.1. The van der Waals surface area contributed by atoms with Gasteiger partial charge in [-0.15, -0.1) is 0 Å². The van der Waals surface area contributed by atoms with Crippen LogP contribution < -0.4 is 5.73 Å². The summed E-state index contributed by atoms with van der Waals surface area (Å²) in [4.78, 5) is 20.1. The third-order valence-corrected chi connectivity index (χ3v) is 1.90. The number of primary amides is 1. The number of unbranched alkanes of at least 4 members (excludes halogenated alkanes) is 2. The van der Waals surface area contributed by atoms with E-state index in [-0.39, 0.29) is 5.92 Å². The number of hydrogen-bond acceptors (Lipinski definition) is 3. The first-order valence-electron chi connectivity index (χ1n) is 6.16. The Morgan fingerprint density at radius 3 is 2.12 bits per heavy atom. The van der Waals surface area contributed by atoms with Gasteiger partial charge in [0.1, 0.15) is 11.9 Å². The molecule has 0 heterocycles. The molecule has 4 heteroatoms. The van der Waals surface area contributed by atoms with Gasteiger partial charge < -0.3 is 15.3 Å². The van der Waals surface area contributed by atoms with Gasteiger partial charge in [-0.05, 0) is 27.2 Å². The smallest absolute Gasteiger partial charge is 0.405 e. The van der Waals surface area contributed by atoms with E-state index in [1.807, 2.05) is 6.92 Å². The minimum atomic E-state index is -0.725. The predicted octanol–water partition coefficient (Wildman–Crippen LogP) is 3.28. The van der Waals surface area contributed by atoms with Crippen molar-refractivity contribution in [1.82, 2.24) is 0 Å². The highest BCUT2D eigenvalue weighted by Gasteiger charge is 2.12. The molecule has 0 aromatic heterocycles. The number of aldehydes is 1. The fourth-order valence-electron chi connectivity index (χ4n) is 1.09. The molecule has 0 aromatic carbocycles. The number of ether oxygens (including phenoxy) is 1. The summed E-state index contributed by atoms with van der Waals surface area (Å²) >= 11 is 0. The number of rotatable bonds is 5. The van der Waals surface area contributed by atoms with Crippen molar-refractivity contribution in [3.63, 3.8) is 0 Å². The molecule has 0 aliphatic rings. The molecule has 1 unspecified atom stereocenters. The quantitative estimate of drug-likeness (QED) is 0.597. The second-order valence-electron chi connectivity index (χ2n) is 5.14. The van der Waals surface area contributed by atoms with Crippen LogP contribution in [0.2, 0.25) is 0 Å². The summed E-state index contributed by atoms with van der Waals surface area (Å²) in [6.45, 7) is 9.43. The van der Waals surface area contributed by atoms with E-state index >= 15 is 0 Å². The lowest BCUT2D eigenvalue weighted by atomic mass is 10.1. The average molecular weight is 245 g/mol. The second kappa shape index (κ2) is 10.1. The summed E-state index contributed by atoms with van der Waals surface area (Å²) in [5.74, 6) is 0.275. The lowest BCUT2D eigenvalue weighted by Gasteiger charge is -2.16. The molecule has 0 spiro atoms. The maximum absolute atomic E-state index is 10.1. The maximum Gasteiger partial charge on any atom is 0.405 e. The highest BCUT2D eigenvalue weighted by molar-refractivity contribution is 5.65. The van der Waals surface area contributed by atoms with Gasteiger partial charge >= 0.3 is 6.09 Å². The molecule has 4 nitrogen and oxygen atoms in total. The zero-order chi connectivity index (χ0) is 13.9. The van der Waals surface area contributed by atoms with Crippen molar-refractivity contribution in [1.29, 1.82) is 0 Å². The number of amides is 1. The molecule has 1 amide bonds. The topological polar surface area (TPSA) is 69.4 Å². The molecule has 2 N–H and O–H groups in total. The lowest BCUT2D eigenvalue weighted by Crippen LogP contribution is -2.27. The van der Waals surface area contributed by atoms with Crippen molar-refractivity contribution in [3.8, 4) is 0 Å². The first kappa shape index (κ1) is 18.3. The van der Waals surface area contributed by atoms with Gasteiger partial charge in [-0.1, -0.05) is 33.1 Å². The molecule has 0 radical (unpaired) electrons. The Morgan fingerprint density at radius 1 is 1.35 bits per heavy atom. The fourth-order valence-corrected chi connectivity index (χ4v) is 1.09. The van der Waals surface area contributed by atoms with Gasteiger partial charge in [0.05, 0.1) is 0 Å². The van der Waals surface area contributed by atoms with Gasteiger partial charge in [0.25, 0.3) is 0 Å². The first-order chi connectivity index (χ1) is 7.72. The summed E-state index contributed by atoms with van der Waals surface area (Å²) in [5.41, 5.74) is 4.26. The van der Waals surface area contributed by atoms with Gasteiger partial charge in [0, 0.05) is 5.92 Å². The molecule has 0 saturated heterocycles. The van der Waals surface area contributed by atoms with Crippen LogP contribution in [0.4, 0.5) is 4.79 Å². The molecule has 0 rings (SSSR count). The average Bonchev–Trinajstić information content (AvgIpc) is 2.15. The number of carbonyl (C=O) groups is 2. The minimum Gasteiger partial charge on any atom is -0.444 e. The predicted molar refractivity (Wildman–Crippen MR) is 69.8 cm³/mol. The third kappa shape index (κ3) is 20.9. The van der Waals surface area contributed by atoms with E-state index in [2.05, 4.69) is 11.7 Å². The van der Waals surface area contributed by atoms with Gasteiger partial charge in [-0.3, -0.25) is 0 Å². The molecule has 0 aromatic rings. The van der Waals surface area contributed by atoms with Crippen molar-refractivity contribution < 1.29 is 14.3 Å². The van der Waals surface area contributed by atoms with Crippen molar-refractivity contribution in [2.45, 2.75) is 65.9 Å². The van der Waals surface area contributed by atoms with Gasteiger partial charge in [-0.25, -0.2) is 4.79 Å². The zero-order valence-corrected chi connectivity index (χ0v) is 11.8. The highest BCUT2D eigenvalue weighted by Crippen LogP contribution is 2.06. The number of carbonyl (C=O) groups excluding carboxylic acids is 2. The molecule has 0 aliphatic carbocycles. The van der Waals surface area contributed by atoms with Crippen LogP contribution in [0.3, 0.4) is 0 Å². The summed E-state index contributed by atoms with van der Waals surface area (Å²) in [7, 11) is 0. The van der Waals surface area contributed by atoms with Crippen LogP contribution in [0.25, 0.3) is 0 Å². The minimum absolute atomic E-state index is 0.275. The van der Waals surface area contributed by atoms with E-state index < -0.39 is 11.7 Å². The Morgan fingerprint density at radius 2 is 1.88 bits per heavy atom. The van der Waals surface area contributed by atoms with E-state index in [0.29, 0.717) is 0 Å². The van der Waals surface area contributed by atoms with E-state index in [1.54, 1.807) is 20.8 Å². The lowest BCUT2D eigenvalue weighted by molar-refractivity contribution is -0.110. The standard InChI is InChI=1S/C8H16O.C5H11NO2/c1-3-4-5-6-8(2)7-9;1-5(2,3)8-4(6)7/h7-8H,3-6H2,1-2H3;1-3H3,(H2,6,7). The van der Waals surface area contributed by atoms with Crippen LogP contribution >= 0.6 is 0 Å². The largest absolute Gasteiger partial charge is 0.444 e. The SMILES string of the molecule is CC(C)(C)OC(N)=O.CCCCCC(C)C=O. The molecule has 0 bridgehead atoms. The first-order valence-corrected chi connectivity index (χ1v) is 6.16. The van der Waals surface area contributed by atoms with Crippen LogP contribution in [0.15, 0.2) is 0 Å². The van der Waals surface area contributed by atoms with E-state index in [4.69, 9.17) is 5.73 Å². The molecular formula is C13H27NO3. The normalized spacial score (nSPS) is 12.1. The van der Waals surface area contributed by atoms with Crippen molar-refractivity contribution in [2.75, 3.05) is 0 Å². The third-order valence-electron chi connectivity index (χ3n) is 1.90. The second-order valence-corrected chi connectivity index (χ2v) is 5.14. The Balaban J connectivity index is 0. The molecule has 17 heavy (non-hydrogen) atoms. The highest BCUT2D eigenvalue weighted by atomic mass is 16.6. The molecule has 1 atom stereocenters. The summed E-state index contributed by atoms with van der Waals surface area (Å²) < 4.78 is 4.58. The molecular weight excluding hydrogens is 218 g/mol. The Hall–Kier alpha value is -1.06. The molecule has 0 fully saturated rings. The molecule has 102 valence electrons. The van der Waals surface area contributed by atoms with Gasteiger partial charge in [0.15, 0.2) is 0 Å².